The highest BCUT2D eigenvalue weighted by molar-refractivity contribution is 6.30. The molecule has 0 aliphatic heterocycles. The first-order chi connectivity index (χ1) is 12.1. The Labute approximate surface area is 154 Å². The van der Waals surface area contributed by atoms with Crippen molar-refractivity contribution in [1.82, 2.24) is 0 Å². The smallest absolute Gasteiger partial charge is 0.124 e. The molecule has 0 unspecified atom stereocenters. The lowest BCUT2D eigenvalue weighted by Crippen LogP contribution is -2.04. The molecule has 3 rings (SSSR count). The fraction of sp³-hybridized carbons (Fsp3) is 0.182. The van der Waals surface area contributed by atoms with Gasteiger partial charge in [0.1, 0.15) is 12.4 Å². The molecule has 0 saturated heterocycles. The zero-order chi connectivity index (χ0) is 17.6. The Morgan fingerprint density at radius 1 is 0.880 bits per heavy atom. The van der Waals surface area contributed by atoms with Crippen LogP contribution in [0.25, 0.3) is 0 Å². The van der Waals surface area contributed by atoms with Crippen LogP contribution < -0.4 is 10.1 Å². The van der Waals surface area contributed by atoms with E-state index in [4.69, 9.17) is 16.3 Å². The summed E-state index contributed by atoms with van der Waals surface area (Å²) in [7, 11) is 0. The van der Waals surface area contributed by atoms with Crippen LogP contribution in [0.3, 0.4) is 0 Å². The number of benzene rings is 3. The first kappa shape index (κ1) is 17.4. The van der Waals surface area contributed by atoms with E-state index in [1.807, 2.05) is 36.4 Å². The van der Waals surface area contributed by atoms with Gasteiger partial charge in [0, 0.05) is 22.8 Å². The van der Waals surface area contributed by atoms with Crippen LogP contribution in [0.5, 0.6) is 5.75 Å². The maximum atomic E-state index is 6.18. The number of anilines is 1. The van der Waals surface area contributed by atoms with Crippen LogP contribution >= 0.6 is 11.6 Å². The SMILES string of the molecule is Cc1ccc(NCc2cc(Cl)ccc2OCc2ccccc2)cc1C. The van der Waals surface area contributed by atoms with Crippen molar-refractivity contribution in [2.45, 2.75) is 27.0 Å². The minimum absolute atomic E-state index is 0.541. The third-order valence-corrected chi connectivity index (χ3v) is 4.48. The van der Waals surface area contributed by atoms with Crippen molar-refractivity contribution in [3.8, 4) is 5.75 Å². The summed E-state index contributed by atoms with van der Waals surface area (Å²) in [6.45, 7) is 5.44. The second-order valence-electron chi connectivity index (χ2n) is 6.18. The van der Waals surface area contributed by atoms with Crippen molar-refractivity contribution in [2.24, 2.45) is 0 Å². The van der Waals surface area contributed by atoms with E-state index < -0.39 is 0 Å². The van der Waals surface area contributed by atoms with Crippen LogP contribution in [-0.2, 0) is 13.2 Å². The van der Waals surface area contributed by atoms with Gasteiger partial charge in [-0.05, 0) is 60.9 Å². The Hall–Kier alpha value is -2.45. The van der Waals surface area contributed by atoms with E-state index in [1.54, 1.807) is 0 Å². The highest BCUT2D eigenvalue weighted by atomic mass is 35.5. The fourth-order valence-electron chi connectivity index (χ4n) is 2.61. The maximum absolute atomic E-state index is 6.18. The van der Waals surface area contributed by atoms with Crippen molar-refractivity contribution in [1.29, 1.82) is 0 Å². The minimum Gasteiger partial charge on any atom is -0.489 e. The summed E-state index contributed by atoms with van der Waals surface area (Å²) in [4.78, 5) is 0. The number of aryl methyl sites for hydroxylation is 2. The molecule has 0 fully saturated rings. The maximum Gasteiger partial charge on any atom is 0.124 e. The van der Waals surface area contributed by atoms with Crippen molar-refractivity contribution < 1.29 is 4.74 Å². The monoisotopic (exact) mass is 351 g/mol. The largest absolute Gasteiger partial charge is 0.489 e. The molecule has 3 heteroatoms. The van der Waals surface area contributed by atoms with Gasteiger partial charge in [-0.3, -0.25) is 0 Å². The van der Waals surface area contributed by atoms with Gasteiger partial charge < -0.3 is 10.1 Å². The molecule has 0 atom stereocenters. The average molecular weight is 352 g/mol. The summed E-state index contributed by atoms with van der Waals surface area (Å²) in [6.07, 6.45) is 0. The third-order valence-electron chi connectivity index (χ3n) is 4.25. The topological polar surface area (TPSA) is 21.3 Å². The quantitative estimate of drug-likeness (QED) is 0.575. The summed E-state index contributed by atoms with van der Waals surface area (Å²) in [5.74, 6) is 0.851. The van der Waals surface area contributed by atoms with Crippen molar-refractivity contribution >= 4 is 17.3 Å². The van der Waals surface area contributed by atoms with E-state index >= 15 is 0 Å². The van der Waals surface area contributed by atoms with Crippen LogP contribution in [0.1, 0.15) is 22.3 Å². The van der Waals surface area contributed by atoms with E-state index in [-0.39, 0.29) is 0 Å². The molecule has 2 nitrogen and oxygen atoms in total. The Morgan fingerprint density at radius 3 is 2.44 bits per heavy atom. The van der Waals surface area contributed by atoms with Gasteiger partial charge in [0.25, 0.3) is 0 Å². The van der Waals surface area contributed by atoms with E-state index in [9.17, 15) is 0 Å². The molecule has 25 heavy (non-hydrogen) atoms. The van der Waals surface area contributed by atoms with Gasteiger partial charge in [-0.2, -0.15) is 0 Å². The average Bonchev–Trinajstić information content (AvgIpc) is 2.63. The molecule has 128 valence electrons. The first-order valence-electron chi connectivity index (χ1n) is 8.38. The Balaban J connectivity index is 1.71. The fourth-order valence-corrected chi connectivity index (χ4v) is 2.81. The van der Waals surface area contributed by atoms with E-state index in [0.29, 0.717) is 18.2 Å². The molecular weight excluding hydrogens is 330 g/mol. The lowest BCUT2D eigenvalue weighted by molar-refractivity contribution is 0.303. The molecule has 0 saturated carbocycles. The van der Waals surface area contributed by atoms with Crippen molar-refractivity contribution in [3.05, 3.63) is 94.0 Å². The second-order valence-corrected chi connectivity index (χ2v) is 6.62. The van der Waals surface area contributed by atoms with E-state index in [1.165, 1.54) is 11.1 Å². The standard InChI is InChI=1S/C22H22ClNO/c1-16-8-10-21(12-17(16)2)24-14-19-13-20(23)9-11-22(19)25-15-18-6-4-3-5-7-18/h3-13,24H,14-15H2,1-2H3. The van der Waals surface area contributed by atoms with Crippen molar-refractivity contribution in [2.75, 3.05) is 5.32 Å². The molecule has 0 amide bonds. The van der Waals surface area contributed by atoms with Crippen molar-refractivity contribution in [3.63, 3.8) is 0 Å². The Kier molecular flexibility index (Phi) is 5.62. The Morgan fingerprint density at radius 2 is 1.68 bits per heavy atom. The molecule has 0 radical (unpaired) electrons. The molecule has 0 aliphatic carbocycles. The summed E-state index contributed by atoms with van der Waals surface area (Å²) in [5.41, 5.74) is 5.85. The van der Waals surface area contributed by atoms with Gasteiger partial charge in [0.2, 0.25) is 0 Å². The predicted molar refractivity (Wildman–Crippen MR) is 105 cm³/mol. The first-order valence-corrected chi connectivity index (χ1v) is 8.76. The molecule has 0 bridgehead atoms. The van der Waals surface area contributed by atoms with Gasteiger partial charge in [-0.25, -0.2) is 0 Å². The van der Waals surface area contributed by atoms with Gasteiger partial charge in [0.05, 0.1) is 0 Å². The van der Waals surface area contributed by atoms with E-state index in [0.717, 1.165) is 22.6 Å². The predicted octanol–water partition coefficient (Wildman–Crippen LogP) is 6.15. The second kappa shape index (κ2) is 8.09. The number of hydrogen-bond donors (Lipinski definition) is 1. The molecule has 0 heterocycles. The van der Waals surface area contributed by atoms with Crippen LogP contribution in [0.4, 0.5) is 5.69 Å². The summed E-state index contributed by atoms with van der Waals surface area (Å²) in [6, 6.07) is 22.3. The van der Waals surface area contributed by atoms with Gasteiger partial charge >= 0.3 is 0 Å². The highest BCUT2D eigenvalue weighted by Crippen LogP contribution is 2.25. The molecule has 0 aliphatic rings. The zero-order valence-electron chi connectivity index (χ0n) is 14.6. The third kappa shape index (κ3) is 4.77. The molecule has 1 N–H and O–H groups in total. The molecule has 0 aromatic heterocycles. The van der Waals surface area contributed by atoms with Gasteiger partial charge in [-0.15, -0.1) is 0 Å². The normalized spacial score (nSPS) is 10.5. The number of ether oxygens (including phenoxy) is 1. The van der Waals surface area contributed by atoms with Crippen LogP contribution in [-0.4, -0.2) is 0 Å². The summed E-state index contributed by atoms with van der Waals surface area (Å²) >= 11 is 6.18. The van der Waals surface area contributed by atoms with Crippen LogP contribution in [0.2, 0.25) is 5.02 Å². The summed E-state index contributed by atoms with van der Waals surface area (Å²) < 4.78 is 6.01. The van der Waals surface area contributed by atoms with Crippen LogP contribution in [0.15, 0.2) is 66.7 Å². The molecule has 3 aromatic rings. The molecule has 3 aromatic carbocycles. The minimum atomic E-state index is 0.541. The summed E-state index contributed by atoms with van der Waals surface area (Å²) in [5, 5.41) is 4.17. The van der Waals surface area contributed by atoms with Gasteiger partial charge in [0.15, 0.2) is 0 Å². The highest BCUT2D eigenvalue weighted by Gasteiger charge is 2.06. The number of rotatable bonds is 6. The molecular formula is C22H22ClNO. The zero-order valence-corrected chi connectivity index (χ0v) is 15.3. The van der Waals surface area contributed by atoms with Gasteiger partial charge in [-0.1, -0.05) is 48.0 Å². The number of nitrogens with one attached hydrogen (secondary N) is 1. The Bertz CT molecular complexity index is 846. The van der Waals surface area contributed by atoms with E-state index in [2.05, 4.69) is 49.5 Å². The number of halogens is 1. The molecule has 0 spiro atoms. The lowest BCUT2D eigenvalue weighted by Gasteiger charge is -2.14. The van der Waals surface area contributed by atoms with Crippen LogP contribution in [0, 0.1) is 13.8 Å². The lowest BCUT2D eigenvalue weighted by atomic mass is 10.1. The number of hydrogen-bond acceptors (Lipinski definition) is 2.